The van der Waals surface area contributed by atoms with Crippen molar-refractivity contribution in [2.45, 2.75) is 0 Å². The number of nitriles is 3. The Balaban J connectivity index is 1.20. The van der Waals surface area contributed by atoms with Crippen LogP contribution >= 0.6 is 0 Å². The molecule has 0 radical (unpaired) electrons. The Morgan fingerprint density at radius 3 is 1.32 bits per heavy atom. The largest absolute Gasteiger partial charge is 0.309 e. The van der Waals surface area contributed by atoms with Crippen LogP contribution in [0.4, 0.5) is 0 Å². The van der Waals surface area contributed by atoms with E-state index in [1.165, 1.54) is 0 Å². The summed E-state index contributed by atoms with van der Waals surface area (Å²) < 4.78 is 4.56. The van der Waals surface area contributed by atoms with Gasteiger partial charge in [-0.2, -0.15) is 15.8 Å². The molecule has 0 saturated heterocycles. The Morgan fingerprint density at radius 2 is 0.750 bits per heavy atom. The van der Waals surface area contributed by atoms with Gasteiger partial charge in [-0.05, 0) is 96.1 Å². The fourth-order valence-electron chi connectivity index (χ4n) is 9.52. The molecule has 0 atom stereocenters. The van der Waals surface area contributed by atoms with E-state index in [9.17, 15) is 15.8 Å². The number of para-hydroxylation sites is 2. The van der Waals surface area contributed by atoms with Gasteiger partial charge in [-0.3, -0.25) is 0 Å². The number of benzene rings is 9. The summed E-state index contributed by atoms with van der Waals surface area (Å²) in [5.74, 6) is 1.63. The number of nitrogens with zero attached hydrogens (tertiary/aromatic N) is 8. The van der Waals surface area contributed by atoms with Gasteiger partial charge in [0, 0.05) is 49.4 Å². The normalized spacial score (nSPS) is 11.2. The highest BCUT2D eigenvalue weighted by Gasteiger charge is 2.23. The van der Waals surface area contributed by atoms with E-state index in [-0.39, 0.29) is 0 Å². The molecule has 9 aromatic carbocycles. The standard InChI is InChI=1S/C60H34N8/c61-35-38-12-11-17-43(30-38)44-24-26-48(57(34-44)68-53-21-10-8-19-47(53)50-32-40(37-63)23-28-55(50)68)51-33-45(60-65-58(41-13-3-1-4-14-41)64-59(66-60)42-15-5-2-6-16-42)25-29-56(51)67-52-20-9-7-18-46(52)49-31-39(36-62)22-27-54(49)67/h1-34H. The van der Waals surface area contributed by atoms with E-state index in [0.717, 1.165) is 93.9 Å². The smallest absolute Gasteiger partial charge is 0.164 e. The fourth-order valence-corrected chi connectivity index (χ4v) is 9.52. The molecule has 0 spiro atoms. The second-order valence-electron chi connectivity index (χ2n) is 16.6. The van der Waals surface area contributed by atoms with Gasteiger partial charge in [-0.15, -0.1) is 0 Å². The van der Waals surface area contributed by atoms with Crippen LogP contribution < -0.4 is 0 Å². The van der Waals surface area contributed by atoms with Crippen LogP contribution in [-0.4, -0.2) is 24.1 Å². The van der Waals surface area contributed by atoms with Gasteiger partial charge >= 0.3 is 0 Å². The average molecular weight is 867 g/mol. The van der Waals surface area contributed by atoms with E-state index in [4.69, 9.17) is 15.0 Å². The molecule has 0 aliphatic rings. The van der Waals surface area contributed by atoms with Crippen LogP contribution in [0, 0.1) is 34.0 Å². The van der Waals surface area contributed by atoms with Crippen molar-refractivity contribution in [1.29, 1.82) is 15.8 Å². The van der Waals surface area contributed by atoms with Crippen LogP contribution in [0.3, 0.4) is 0 Å². The first kappa shape index (κ1) is 39.6. The first-order valence-corrected chi connectivity index (χ1v) is 22.1. The van der Waals surface area contributed by atoms with E-state index in [1.807, 2.05) is 146 Å². The van der Waals surface area contributed by atoms with Crippen LogP contribution in [0.1, 0.15) is 16.7 Å². The van der Waals surface area contributed by atoms with Crippen LogP contribution in [0.5, 0.6) is 0 Å². The maximum atomic E-state index is 10.1. The van der Waals surface area contributed by atoms with E-state index in [1.54, 1.807) is 0 Å². The summed E-state index contributed by atoms with van der Waals surface area (Å²) in [6.45, 7) is 0. The predicted octanol–water partition coefficient (Wildman–Crippen LogP) is 14.0. The van der Waals surface area contributed by atoms with Crippen LogP contribution in [0.2, 0.25) is 0 Å². The second-order valence-corrected chi connectivity index (χ2v) is 16.6. The van der Waals surface area contributed by atoms with Crippen molar-refractivity contribution in [3.05, 3.63) is 223 Å². The number of fused-ring (bicyclic) bond motifs is 6. The Labute approximate surface area is 390 Å². The quantitative estimate of drug-likeness (QED) is 0.157. The summed E-state index contributed by atoms with van der Waals surface area (Å²) in [4.78, 5) is 15.3. The Morgan fingerprint density at radius 1 is 0.294 bits per heavy atom. The second kappa shape index (κ2) is 16.2. The molecule has 314 valence electrons. The van der Waals surface area contributed by atoms with Crippen molar-refractivity contribution < 1.29 is 0 Å². The molecule has 0 aliphatic heterocycles. The van der Waals surface area contributed by atoms with Gasteiger partial charge < -0.3 is 9.13 Å². The third-order valence-electron chi connectivity index (χ3n) is 12.7. The first-order valence-electron chi connectivity index (χ1n) is 22.1. The molecule has 0 fully saturated rings. The molecule has 0 amide bonds. The summed E-state index contributed by atoms with van der Waals surface area (Å²) in [5.41, 5.74) is 13.5. The third kappa shape index (κ3) is 6.63. The Hall–Kier alpha value is -9.94. The summed E-state index contributed by atoms with van der Waals surface area (Å²) in [6, 6.07) is 75.8. The van der Waals surface area contributed by atoms with E-state index in [2.05, 4.69) is 88.0 Å². The summed E-state index contributed by atoms with van der Waals surface area (Å²) in [6.07, 6.45) is 0. The SMILES string of the molecule is N#Cc1cccc(-c2ccc(-c3cc(-c4nc(-c5ccccc5)nc(-c5ccccc5)n4)ccc3-n3c4ccccc4c4cc(C#N)ccc43)c(-n3c4ccccc4c4cc(C#N)ccc43)c2)c1. The van der Waals surface area contributed by atoms with Crippen molar-refractivity contribution >= 4 is 43.6 Å². The zero-order chi connectivity index (χ0) is 45.7. The molecule has 0 saturated carbocycles. The zero-order valence-corrected chi connectivity index (χ0v) is 36.2. The molecule has 68 heavy (non-hydrogen) atoms. The molecule has 12 rings (SSSR count). The Kier molecular flexibility index (Phi) is 9.47. The average Bonchev–Trinajstić information content (AvgIpc) is 3.92. The minimum Gasteiger partial charge on any atom is -0.309 e. The summed E-state index contributed by atoms with van der Waals surface area (Å²) >= 11 is 0. The minimum absolute atomic E-state index is 0.513. The van der Waals surface area contributed by atoms with E-state index < -0.39 is 0 Å². The summed E-state index contributed by atoms with van der Waals surface area (Å²) in [7, 11) is 0. The lowest BCUT2D eigenvalue weighted by molar-refractivity contribution is 1.07. The number of hydrogen-bond acceptors (Lipinski definition) is 6. The van der Waals surface area contributed by atoms with Crippen LogP contribution in [0.15, 0.2) is 206 Å². The van der Waals surface area contributed by atoms with Gasteiger partial charge in [0.25, 0.3) is 0 Å². The number of aromatic nitrogens is 5. The van der Waals surface area contributed by atoms with E-state index in [0.29, 0.717) is 34.2 Å². The lowest BCUT2D eigenvalue weighted by atomic mass is 9.94. The highest BCUT2D eigenvalue weighted by Crippen LogP contribution is 2.44. The molecular formula is C60H34N8. The molecule has 0 unspecified atom stereocenters. The van der Waals surface area contributed by atoms with Gasteiger partial charge in [-0.25, -0.2) is 15.0 Å². The van der Waals surface area contributed by atoms with Gasteiger partial charge in [0.1, 0.15) is 0 Å². The molecule has 0 bridgehead atoms. The van der Waals surface area contributed by atoms with Gasteiger partial charge in [0.05, 0.1) is 68.3 Å². The van der Waals surface area contributed by atoms with Crippen molar-refractivity contribution in [2.75, 3.05) is 0 Å². The van der Waals surface area contributed by atoms with Crippen molar-refractivity contribution in [3.63, 3.8) is 0 Å². The predicted molar refractivity (Wildman–Crippen MR) is 270 cm³/mol. The van der Waals surface area contributed by atoms with Crippen molar-refractivity contribution in [2.24, 2.45) is 0 Å². The molecular weight excluding hydrogens is 833 g/mol. The fraction of sp³-hybridized carbons (Fsp3) is 0. The van der Waals surface area contributed by atoms with Gasteiger partial charge in [-0.1, -0.05) is 121 Å². The maximum absolute atomic E-state index is 10.1. The van der Waals surface area contributed by atoms with E-state index >= 15 is 0 Å². The maximum Gasteiger partial charge on any atom is 0.164 e. The molecule has 0 N–H and O–H groups in total. The number of rotatable bonds is 7. The monoisotopic (exact) mass is 866 g/mol. The molecule has 8 heteroatoms. The van der Waals surface area contributed by atoms with Crippen molar-refractivity contribution in [3.8, 4) is 86.0 Å². The lowest BCUT2D eigenvalue weighted by Gasteiger charge is -2.21. The molecule has 8 nitrogen and oxygen atoms in total. The van der Waals surface area contributed by atoms with Crippen LogP contribution in [-0.2, 0) is 0 Å². The Bertz CT molecular complexity index is 4070. The molecule has 3 aromatic heterocycles. The van der Waals surface area contributed by atoms with Gasteiger partial charge in [0.2, 0.25) is 0 Å². The topological polar surface area (TPSA) is 120 Å². The lowest BCUT2D eigenvalue weighted by Crippen LogP contribution is -2.04. The first-order chi connectivity index (χ1) is 33.6. The van der Waals surface area contributed by atoms with Crippen molar-refractivity contribution in [1.82, 2.24) is 24.1 Å². The zero-order valence-electron chi connectivity index (χ0n) is 36.2. The molecule has 12 aromatic rings. The third-order valence-corrected chi connectivity index (χ3v) is 12.7. The molecule has 3 heterocycles. The number of hydrogen-bond donors (Lipinski definition) is 0. The van der Waals surface area contributed by atoms with Gasteiger partial charge in [0.15, 0.2) is 17.5 Å². The highest BCUT2D eigenvalue weighted by atomic mass is 15.0. The van der Waals surface area contributed by atoms with Crippen LogP contribution in [0.25, 0.3) is 111 Å². The summed E-state index contributed by atoms with van der Waals surface area (Å²) in [5, 5.41) is 34.0. The molecule has 0 aliphatic carbocycles. The minimum atomic E-state index is 0.513. The highest BCUT2D eigenvalue weighted by molar-refractivity contribution is 6.12.